The molecule has 2 aliphatic rings. The van der Waals surface area contributed by atoms with Crippen LogP contribution in [0.2, 0.25) is 0 Å². The van der Waals surface area contributed by atoms with Crippen LogP contribution in [0.1, 0.15) is 43.8 Å². The van der Waals surface area contributed by atoms with Crippen molar-refractivity contribution in [3.05, 3.63) is 35.9 Å². The molecule has 1 N–H and O–H groups in total. The minimum absolute atomic E-state index is 0.0311. The number of rotatable bonds is 6. The maximum absolute atomic E-state index is 12.8. The van der Waals surface area contributed by atoms with Crippen molar-refractivity contribution < 1.29 is 14.3 Å². The van der Waals surface area contributed by atoms with E-state index in [4.69, 9.17) is 9.47 Å². The van der Waals surface area contributed by atoms with E-state index in [1.807, 2.05) is 30.3 Å². The molecule has 0 unspecified atom stereocenters. The van der Waals surface area contributed by atoms with E-state index in [2.05, 4.69) is 10.2 Å². The van der Waals surface area contributed by atoms with Gasteiger partial charge in [-0.05, 0) is 44.3 Å². The zero-order valence-electron chi connectivity index (χ0n) is 15.2. The molecule has 0 saturated carbocycles. The average Bonchev–Trinajstić information content (AvgIpc) is 2.69. The first-order chi connectivity index (χ1) is 12.2. The molecule has 1 amide bonds. The lowest BCUT2D eigenvalue weighted by atomic mass is 9.86. The molecule has 25 heavy (non-hydrogen) atoms. The summed E-state index contributed by atoms with van der Waals surface area (Å²) in [5, 5.41) is 3.18. The van der Waals surface area contributed by atoms with Crippen molar-refractivity contribution in [1.29, 1.82) is 0 Å². The van der Waals surface area contributed by atoms with Gasteiger partial charge in [0.15, 0.2) is 6.10 Å². The number of hydrogen-bond acceptors (Lipinski definition) is 4. The number of methoxy groups -OCH3 is 1. The Hall–Kier alpha value is -1.43. The molecule has 0 radical (unpaired) electrons. The van der Waals surface area contributed by atoms with Gasteiger partial charge in [-0.1, -0.05) is 36.8 Å². The third-order valence-electron chi connectivity index (χ3n) is 5.62. The average molecular weight is 346 g/mol. The van der Waals surface area contributed by atoms with Crippen LogP contribution in [-0.2, 0) is 14.3 Å². The molecule has 5 nitrogen and oxygen atoms in total. The number of benzene rings is 1. The predicted octanol–water partition coefficient (Wildman–Crippen LogP) is 2.53. The number of likely N-dealkylation sites (tertiary alicyclic amines) is 1. The van der Waals surface area contributed by atoms with Crippen molar-refractivity contribution in [2.75, 3.05) is 40.0 Å². The summed E-state index contributed by atoms with van der Waals surface area (Å²) < 4.78 is 11.1. The molecule has 0 bridgehead atoms. The topological polar surface area (TPSA) is 50.8 Å². The highest BCUT2D eigenvalue weighted by atomic mass is 16.5. The van der Waals surface area contributed by atoms with Crippen LogP contribution in [0, 0.1) is 0 Å². The van der Waals surface area contributed by atoms with Crippen LogP contribution in [0.25, 0.3) is 0 Å². The van der Waals surface area contributed by atoms with E-state index < -0.39 is 6.10 Å². The first-order valence-electron chi connectivity index (χ1n) is 9.43. The second-order valence-electron chi connectivity index (χ2n) is 7.13. The Balaban J connectivity index is 1.66. The summed E-state index contributed by atoms with van der Waals surface area (Å²) in [6.45, 7) is 4.48. The number of nitrogens with zero attached hydrogens (tertiary/aromatic N) is 1. The van der Waals surface area contributed by atoms with Crippen LogP contribution in [0.4, 0.5) is 0 Å². The highest BCUT2D eigenvalue weighted by Crippen LogP contribution is 2.30. The zero-order valence-corrected chi connectivity index (χ0v) is 15.2. The smallest absolute Gasteiger partial charge is 0.253 e. The van der Waals surface area contributed by atoms with Crippen molar-refractivity contribution in [1.82, 2.24) is 10.2 Å². The van der Waals surface area contributed by atoms with Gasteiger partial charge in [-0.15, -0.1) is 0 Å². The number of carbonyl (C=O) groups is 1. The highest BCUT2D eigenvalue weighted by molar-refractivity contribution is 5.82. The Kier molecular flexibility index (Phi) is 6.45. The first-order valence-corrected chi connectivity index (χ1v) is 9.43. The molecule has 3 rings (SSSR count). The maximum Gasteiger partial charge on any atom is 0.253 e. The fourth-order valence-electron chi connectivity index (χ4n) is 4.09. The Labute approximate surface area is 150 Å². The Morgan fingerprint density at radius 3 is 2.52 bits per heavy atom. The molecule has 0 spiro atoms. The number of nitrogens with one attached hydrogen (secondary N) is 1. The number of ether oxygens (including phenoxy) is 2. The normalized spacial score (nSPS) is 22.3. The second kappa shape index (κ2) is 8.79. The minimum atomic E-state index is -0.556. The SMILES string of the molecule is CO[C@H](C(=O)NCC1(N2CCCCC2)CCOCC1)c1ccccc1. The van der Waals surface area contributed by atoms with Gasteiger partial charge in [0.25, 0.3) is 5.91 Å². The van der Waals surface area contributed by atoms with Crippen molar-refractivity contribution >= 4 is 5.91 Å². The largest absolute Gasteiger partial charge is 0.381 e. The van der Waals surface area contributed by atoms with E-state index in [-0.39, 0.29) is 11.4 Å². The number of carbonyl (C=O) groups excluding carboxylic acids is 1. The zero-order chi connectivity index (χ0) is 17.5. The van der Waals surface area contributed by atoms with E-state index in [0.717, 1.165) is 44.7 Å². The summed E-state index contributed by atoms with van der Waals surface area (Å²) >= 11 is 0. The molecule has 2 heterocycles. The molecule has 138 valence electrons. The van der Waals surface area contributed by atoms with Gasteiger partial charge >= 0.3 is 0 Å². The summed E-state index contributed by atoms with van der Waals surface area (Å²) in [6.07, 6.45) is 5.23. The van der Waals surface area contributed by atoms with Crippen molar-refractivity contribution in [3.8, 4) is 0 Å². The van der Waals surface area contributed by atoms with E-state index in [1.165, 1.54) is 19.3 Å². The van der Waals surface area contributed by atoms with Gasteiger partial charge in [-0.2, -0.15) is 0 Å². The molecule has 2 aliphatic heterocycles. The minimum Gasteiger partial charge on any atom is -0.381 e. The van der Waals surface area contributed by atoms with E-state index in [9.17, 15) is 4.79 Å². The van der Waals surface area contributed by atoms with E-state index >= 15 is 0 Å². The summed E-state index contributed by atoms with van der Waals surface area (Å²) in [7, 11) is 1.59. The van der Waals surface area contributed by atoms with Gasteiger partial charge in [0.05, 0.1) is 0 Å². The fraction of sp³-hybridized carbons (Fsp3) is 0.650. The van der Waals surface area contributed by atoms with Gasteiger partial charge in [-0.25, -0.2) is 0 Å². The van der Waals surface area contributed by atoms with Gasteiger partial charge in [0.2, 0.25) is 0 Å². The monoisotopic (exact) mass is 346 g/mol. The second-order valence-corrected chi connectivity index (χ2v) is 7.13. The number of piperidine rings is 1. The summed E-state index contributed by atoms with van der Waals surface area (Å²) in [5.74, 6) is -0.0587. The molecular weight excluding hydrogens is 316 g/mol. The number of hydrogen-bond donors (Lipinski definition) is 1. The molecule has 1 atom stereocenters. The van der Waals surface area contributed by atoms with E-state index in [0.29, 0.717) is 6.54 Å². The molecule has 5 heteroatoms. The highest BCUT2D eigenvalue weighted by Gasteiger charge is 2.39. The van der Waals surface area contributed by atoms with Crippen LogP contribution in [0.3, 0.4) is 0 Å². The standard InChI is InChI=1S/C20H30N2O3/c1-24-18(17-8-4-2-5-9-17)19(23)21-16-20(10-14-25-15-11-20)22-12-6-3-7-13-22/h2,4-5,8-9,18H,3,6-7,10-16H2,1H3,(H,21,23)/t18-/m0/s1. The molecule has 1 aromatic rings. The van der Waals surface area contributed by atoms with Gasteiger partial charge in [0, 0.05) is 32.4 Å². The molecule has 0 aliphatic carbocycles. The summed E-state index contributed by atoms with van der Waals surface area (Å²) in [6, 6.07) is 9.68. The van der Waals surface area contributed by atoms with Crippen LogP contribution >= 0.6 is 0 Å². The van der Waals surface area contributed by atoms with Crippen molar-refractivity contribution in [2.24, 2.45) is 0 Å². The Bertz CT molecular complexity index is 537. The third kappa shape index (κ3) is 4.40. The lowest BCUT2D eigenvalue weighted by Crippen LogP contribution is -2.60. The van der Waals surface area contributed by atoms with E-state index in [1.54, 1.807) is 7.11 Å². The molecule has 2 fully saturated rings. The van der Waals surface area contributed by atoms with Crippen LogP contribution in [0.15, 0.2) is 30.3 Å². The Morgan fingerprint density at radius 1 is 1.20 bits per heavy atom. The van der Waals surface area contributed by atoms with Crippen LogP contribution in [-0.4, -0.2) is 56.3 Å². The molecule has 1 aromatic carbocycles. The van der Waals surface area contributed by atoms with Crippen LogP contribution < -0.4 is 5.32 Å². The van der Waals surface area contributed by atoms with Crippen molar-refractivity contribution in [2.45, 2.75) is 43.7 Å². The lowest BCUT2D eigenvalue weighted by molar-refractivity contribution is -0.133. The lowest BCUT2D eigenvalue weighted by Gasteiger charge is -2.48. The Morgan fingerprint density at radius 2 is 1.88 bits per heavy atom. The quantitative estimate of drug-likeness (QED) is 0.860. The fourth-order valence-corrected chi connectivity index (χ4v) is 4.09. The van der Waals surface area contributed by atoms with Gasteiger partial charge < -0.3 is 14.8 Å². The molecule has 2 saturated heterocycles. The van der Waals surface area contributed by atoms with Gasteiger partial charge in [-0.3, -0.25) is 9.69 Å². The summed E-state index contributed by atoms with van der Waals surface area (Å²) in [5.41, 5.74) is 0.921. The number of amides is 1. The van der Waals surface area contributed by atoms with Gasteiger partial charge in [0.1, 0.15) is 0 Å². The summed E-state index contributed by atoms with van der Waals surface area (Å²) in [4.78, 5) is 15.3. The van der Waals surface area contributed by atoms with Crippen LogP contribution in [0.5, 0.6) is 0 Å². The molecule has 0 aromatic heterocycles. The molecular formula is C20H30N2O3. The first kappa shape index (κ1) is 18.4. The predicted molar refractivity (Wildman–Crippen MR) is 97.4 cm³/mol. The maximum atomic E-state index is 12.8. The third-order valence-corrected chi connectivity index (χ3v) is 5.62. The van der Waals surface area contributed by atoms with Crippen molar-refractivity contribution in [3.63, 3.8) is 0 Å².